The summed E-state index contributed by atoms with van der Waals surface area (Å²) in [6.45, 7) is 10.6. The highest BCUT2D eigenvalue weighted by atomic mass is 19.1. The Bertz CT molecular complexity index is 199. The largest absolute Gasteiger partial charge is 0.243 e. The van der Waals surface area contributed by atoms with Gasteiger partial charge >= 0.3 is 0 Å². The average Bonchev–Trinajstić information content (AvgIpc) is 2.13. The molecule has 1 saturated carbocycles. The zero-order chi connectivity index (χ0) is 11.0. The van der Waals surface area contributed by atoms with Crippen molar-refractivity contribution < 1.29 is 4.39 Å². The van der Waals surface area contributed by atoms with Gasteiger partial charge in [-0.2, -0.15) is 0 Å². The van der Waals surface area contributed by atoms with Crippen molar-refractivity contribution in [2.75, 3.05) is 0 Å². The maximum absolute atomic E-state index is 14.8. The number of halogens is 1. The molecule has 0 spiro atoms. The second-order valence-corrected chi connectivity index (χ2v) is 5.58. The molecule has 3 atom stereocenters. The molecule has 0 aromatic carbocycles. The van der Waals surface area contributed by atoms with E-state index in [2.05, 4.69) is 27.7 Å². The first-order valence-corrected chi connectivity index (χ1v) is 6.10. The van der Waals surface area contributed by atoms with Gasteiger partial charge in [-0.25, -0.2) is 4.39 Å². The first kappa shape index (κ1) is 12.0. The predicted molar refractivity (Wildman–Crippen MR) is 60.1 cm³/mol. The Balaban J connectivity index is 2.77. The van der Waals surface area contributed by atoms with Gasteiger partial charge in [0, 0.05) is 5.41 Å². The van der Waals surface area contributed by atoms with E-state index in [1.807, 2.05) is 6.92 Å². The lowest BCUT2D eigenvalue weighted by Gasteiger charge is -2.60. The molecule has 14 heavy (non-hydrogen) atoms. The Hall–Kier alpha value is -0.0700. The lowest BCUT2D eigenvalue weighted by Crippen LogP contribution is -2.61. The zero-order valence-electron chi connectivity index (χ0n) is 10.4. The van der Waals surface area contributed by atoms with Gasteiger partial charge in [-0.1, -0.05) is 41.0 Å². The molecule has 0 heterocycles. The van der Waals surface area contributed by atoms with E-state index in [0.717, 1.165) is 19.3 Å². The van der Waals surface area contributed by atoms with Crippen LogP contribution < -0.4 is 0 Å². The van der Waals surface area contributed by atoms with Crippen LogP contribution in [0, 0.1) is 17.3 Å². The first-order valence-electron chi connectivity index (χ1n) is 6.10. The maximum Gasteiger partial charge on any atom is 0.119 e. The Morgan fingerprint density at radius 1 is 1.36 bits per heavy atom. The van der Waals surface area contributed by atoms with Crippen LogP contribution in [-0.2, 0) is 0 Å². The fourth-order valence-electron chi connectivity index (χ4n) is 3.45. The smallest absolute Gasteiger partial charge is 0.119 e. The molecule has 0 radical (unpaired) electrons. The van der Waals surface area contributed by atoms with Crippen molar-refractivity contribution in [3.63, 3.8) is 0 Å². The van der Waals surface area contributed by atoms with Gasteiger partial charge in [0.05, 0.1) is 0 Å². The summed E-state index contributed by atoms with van der Waals surface area (Å²) in [4.78, 5) is 0. The van der Waals surface area contributed by atoms with Crippen molar-refractivity contribution in [1.82, 2.24) is 0 Å². The molecule has 1 heteroatoms. The van der Waals surface area contributed by atoms with Crippen LogP contribution in [0.1, 0.15) is 60.3 Å². The zero-order valence-corrected chi connectivity index (χ0v) is 10.4. The van der Waals surface area contributed by atoms with Crippen molar-refractivity contribution in [3.05, 3.63) is 0 Å². The summed E-state index contributed by atoms with van der Waals surface area (Å²) < 4.78 is 14.8. The number of rotatable bonds is 4. The highest BCUT2D eigenvalue weighted by Crippen LogP contribution is 2.62. The molecular formula is C13H25F. The number of hydrogen-bond donors (Lipinski definition) is 0. The van der Waals surface area contributed by atoms with Crippen LogP contribution in [0.15, 0.2) is 0 Å². The van der Waals surface area contributed by atoms with E-state index in [9.17, 15) is 4.39 Å². The van der Waals surface area contributed by atoms with Gasteiger partial charge in [-0.3, -0.25) is 0 Å². The second kappa shape index (κ2) is 3.83. The quantitative estimate of drug-likeness (QED) is 0.622. The normalized spacial score (nSPS) is 42.6. The van der Waals surface area contributed by atoms with E-state index in [0.29, 0.717) is 18.3 Å². The molecule has 0 nitrogen and oxygen atoms in total. The van der Waals surface area contributed by atoms with Crippen molar-refractivity contribution >= 4 is 0 Å². The van der Waals surface area contributed by atoms with E-state index < -0.39 is 5.67 Å². The highest BCUT2D eigenvalue weighted by Gasteiger charge is 2.62. The Morgan fingerprint density at radius 3 is 2.29 bits per heavy atom. The van der Waals surface area contributed by atoms with Gasteiger partial charge < -0.3 is 0 Å². The summed E-state index contributed by atoms with van der Waals surface area (Å²) in [5.74, 6) is 0.786. The van der Waals surface area contributed by atoms with Crippen molar-refractivity contribution in [2.24, 2.45) is 17.3 Å². The molecule has 84 valence electrons. The average molecular weight is 200 g/mol. The van der Waals surface area contributed by atoms with Crippen LogP contribution >= 0.6 is 0 Å². The maximum atomic E-state index is 14.8. The molecule has 0 bridgehead atoms. The van der Waals surface area contributed by atoms with E-state index in [1.54, 1.807) is 0 Å². The first-order chi connectivity index (χ1) is 6.41. The molecule has 0 aromatic heterocycles. The van der Waals surface area contributed by atoms with E-state index in [1.165, 1.54) is 0 Å². The monoisotopic (exact) mass is 200 g/mol. The van der Waals surface area contributed by atoms with Crippen molar-refractivity contribution in [2.45, 2.75) is 66.0 Å². The summed E-state index contributed by atoms with van der Waals surface area (Å²) in [6, 6.07) is 0. The summed E-state index contributed by atoms with van der Waals surface area (Å²) >= 11 is 0. The van der Waals surface area contributed by atoms with Crippen LogP contribution in [0.5, 0.6) is 0 Å². The van der Waals surface area contributed by atoms with Gasteiger partial charge in [0.1, 0.15) is 5.67 Å². The third-order valence-corrected chi connectivity index (χ3v) is 4.38. The van der Waals surface area contributed by atoms with Crippen LogP contribution in [0.25, 0.3) is 0 Å². The summed E-state index contributed by atoms with van der Waals surface area (Å²) in [7, 11) is 0. The van der Waals surface area contributed by atoms with Crippen molar-refractivity contribution in [1.29, 1.82) is 0 Å². The van der Waals surface area contributed by atoms with Crippen LogP contribution in [0.4, 0.5) is 4.39 Å². The van der Waals surface area contributed by atoms with Crippen LogP contribution in [0.2, 0.25) is 0 Å². The van der Waals surface area contributed by atoms with Gasteiger partial charge in [-0.15, -0.1) is 0 Å². The minimum atomic E-state index is -0.892. The minimum Gasteiger partial charge on any atom is -0.243 e. The highest BCUT2D eigenvalue weighted by molar-refractivity contribution is 5.11. The molecule has 0 aliphatic heterocycles. The van der Waals surface area contributed by atoms with Crippen molar-refractivity contribution in [3.8, 4) is 0 Å². The standard InChI is InChI=1S/C13H25F/c1-6-8-12(5)9-11(10(3)4)13(12,14)7-2/h10-11H,6-9H2,1-5H3/t11-,12-,13?/m1/s1. The third-order valence-electron chi connectivity index (χ3n) is 4.38. The molecule has 1 aliphatic rings. The molecule has 1 rings (SSSR count). The van der Waals surface area contributed by atoms with Gasteiger partial charge in [0.15, 0.2) is 0 Å². The van der Waals surface area contributed by atoms with Crippen LogP contribution in [-0.4, -0.2) is 5.67 Å². The van der Waals surface area contributed by atoms with E-state index >= 15 is 0 Å². The SMILES string of the molecule is CCC[C@]1(C)C[C@H](C(C)C)C1(F)CC. The molecule has 1 fully saturated rings. The molecule has 0 N–H and O–H groups in total. The molecule has 0 amide bonds. The molecule has 0 aromatic rings. The Labute approximate surface area is 88.3 Å². The molecule has 0 saturated heterocycles. The van der Waals surface area contributed by atoms with Gasteiger partial charge in [0.25, 0.3) is 0 Å². The topological polar surface area (TPSA) is 0 Å². The molecule has 1 unspecified atom stereocenters. The summed E-state index contributed by atoms with van der Waals surface area (Å²) in [6.07, 6.45) is 3.92. The summed E-state index contributed by atoms with van der Waals surface area (Å²) in [5.41, 5.74) is -0.928. The summed E-state index contributed by atoms with van der Waals surface area (Å²) in [5, 5.41) is 0. The van der Waals surface area contributed by atoms with E-state index in [-0.39, 0.29) is 5.41 Å². The number of hydrogen-bond acceptors (Lipinski definition) is 0. The fraction of sp³-hybridized carbons (Fsp3) is 1.00. The molecule has 1 aliphatic carbocycles. The third kappa shape index (κ3) is 1.49. The second-order valence-electron chi connectivity index (χ2n) is 5.58. The number of alkyl halides is 1. The Morgan fingerprint density at radius 2 is 1.93 bits per heavy atom. The molecular weight excluding hydrogens is 175 g/mol. The van der Waals surface area contributed by atoms with E-state index in [4.69, 9.17) is 0 Å². The lowest BCUT2D eigenvalue weighted by molar-refractivity contribution is -0.176. The predicted octanol–water partition coefficient (Wildman–Crippen LogP) is 4.59. The minimum absolute atomic E-state index is 0.0363. The van der Waals surface area contributed by atoms with Crippen LogP contribution in [0.3, 0.4) is 0 Å². The lowest BCUT2D eigenvalue weighted by atomic mass is 9.47. The van der Waals surface area contributed by atoms with Gasteiger partial charge in [0.2, 0.25) is 0 Å². The fourth-order valence-corrected chi connectivity index (χ4v) is 3.45. The Kier molecular flexibility index (Phi) is 3.28. The van der Waals surface area contributed by atoms with Gasteiger partial charge in [-0.05, 0) is 31.1 Å².